The normalized spacial score (nSPS) is 13.6. The molecule has 0 spiro atoms. The maximum Gasteiger partial charge on any atom is 0.356 e. The molecule has 3 nitrogen and oxygen atoms in total. The molecule has 0 bridgehead atoms. The molecule has 0 atom stereocenters. The van der Waals surface area contributed by atoms with Crippen LogP contribution in [0.25, 0.3) is 0 Å². The van der Waals surface area contributed by atoms with Gasteiger partial charge in [0.25, 0.3) is 0 Å². The van der Waals surface area contributed by atoms with Crippen molar-refractivity contribution in [1.82, 2.24) is 0 Å². The molecule has 10 heavy (non-hydrogen) atoms. The lowest BCUT2D eigenvalue weighted by Crippen LogP contribution is -2.24. The first-order valence-corrected chi connectivity index (χ1v) is 5.15. The minimum Gasteiger partial charge on any atom is -0.252 e. The predicted octanol–water partition coefficient (Wildman–Crippen LogP) is 1.68. The van der Waals surface area contributed by atoms with Crippen LogP contribution in [0.4, 0.5) is 0 Å². The minimum atomic E-state index is -3.82. The van der Waals surface area contributed by atoms with Gasteiger partial charge in [-0.2, -0.15) is 8.42 Å². The molecule has 0 aliphatic rings. The van der Waals surface area contributed by atoms with Gasteiger partial charge in [-0.25, -0.2) is 0 Å². The SMILES string of the molecule is CCC(C)(C)OS(=O)(=O)Cl. The van der Waals surface area contributed by atoms with E-state index in [0.29, 0.717) is 6.42 Å². The molecule has 0 aliphatic carbocycles. The standard InChI is InChI=1S/C5H11ClO3S/c1-4-5(2,3)9-10(6,7)8/h4H2,1-3H3. The second kappa shape index (κ2) is 3.07. The fourth-order valence-corrected chi connectivity index (χ4v) is 1.50. The minimum absolute atomic E-state index is 0.596. The Morgan fingerprint density at radius 2 is 1.90 bits per heavy atom. The summed E-state index contributed by atoms with van der Waals surface area (Å²) in [7, 11) is 1.02. The van der Waals surface area contributed by atoms with Gasteiger partial charge in [0, 0.05) is 10.7 Å². The monoisotopic (exact) mass is 186 g/mol. The Bertz CT molecular complexity index is 195. The molecule has 0 unspecified atom stereocenters. The summed E-state index contributed by atoms with van der Waals surface area (Å²) in [5, 5.41) is 0. The fraction of sp³-hybridized carbons (Fsp3) is 1.00. The van der Waals surface area contributed by atoms with E-state index in [-0.39, 0.29) is 0 Å². The van der Waals surface area contributed by atoms with Gasteiger partial charge < -0.3 is 0 Å². The summed E-state index contributed by atoms with van der Waals surface area (Å²) in [6, 6.07) is 0. The van der Waals surface area contributed by atoms with Gasteiger partial charge in [-0.15, -0.1) is 0 Å². The van der Waals surface area contributed by atoms with Crippen LogP contribution in [0.1, 0.15) is 27.2 Å². The molecule has 0 fully saturated rings. The van der Waals surface area contributed by atoms with E-state index in [0.717, 1.165) is 0 Å². The lowest BCUT2D eigenvalue weighted by atomic mass is 10.1. The topological polar surface area (TPSA) is 43.4 Å². The molecule has 0 rings (SSSR count). The first-order chi connectivity index (χ1) is 4.27. The van der Waals surface area contributed by atoms with Gasteiger partial charge in [0.15, 0.2) is 0 Å². The lowest BCUT2D eigenvalue weighted by Gasteiger charge is -2.19. The van der Waals surface area contributed by atoms with Gasteiger partial charge in [-0.1, -0.05) is 6.92 Å². The van der Waals surface area contributed by atoms with Crippen LogP contribution in [0.2, 0.25) is 0 Å². The van der Waals surface area contributed by atoms with Crippen LogP contribution < -0.4 is 0 Å². The van der Waals surface area contributed by atoms with Crippen molar-refractivity contribution in [3.63, 3.8) is 0 Å². The molecule has 0 heterocycles. The quantitative estimate of drug-likeness (QED) is 0.630. The molecule has 0 aliphatic heterocycles. The molecule has 0 amide bonds. The summed E-state index contributed by atoms with van der Waals surface area (Å²) >= 11 is 0. The third kappa shape index (κ3) is 5.02. The number of halogens is 1. The molecule has 0 aromatic rings. The smallest absolute Gasteiger partial charge is 0.252 e. The van der Waals surface area contributed by atoms with E-state index in [1.165, 1.54) is 0 Å². The van der Waals surface area contributed by atoms with E-state index in [9.17, 15) is 8.42 Å². The zero-order valence-corrected chi connectivity index (χ0v) is 7.79. The highest BCUT2D eigenvalue weighted by Crippen LogP contribution is 2.18. The van der Waals surface area contributed by atoms with Crippen LogP contribution >= 0.6 is 10.7 Å². The highest BCUT2D eigenvalue weighted by molar-refractivity contribution is 8.10. The molecule has 0 saturated heterocycles. The van der Waals surface area contributed by atoms with E-state index in [4.69, 9.17) is 10.7 Å². The number of hydrogen-bond acceptors (Lipinski definition) is 3. The number of rotatable bonds is 3. The Balaban J connectivity index is 4.16. The lowest BCUT2D eigenvalue weighted by molar-refractivity contribution is 0.118. The van der Waals surface area contributed by atoms with Crippen molar-refractivity contribution in [3.05, 3.63) is 0 Å². The van der Waals surface area contributed by atoms with Gasteiger partial charge in [-0.05, 0) is 20.3 Å². The molecule has 0 aromatic heterocycles. The molecule has 0 aromatic carbocycles. The van der Waals surface area contributed by atoms with E-state index in [1.54, 1.807) is 13.8 Å². The fourth-order valence-electron chi connectivity index (χ4n) is 0.328. The van der Waals surface area contributed by atoms with Crippen LogP contribution in [0, 0.1) is 0 Å². The molecular weight excluding hydrogens is 176 g/mol. The first kappa shape index (κ1) is 10.2. The van der Waals surface area contributed by atoms with Gasteiger partial charge in [0.2, 0.25) is 0 Å². The molecular formula is C5H11ClO3S. The van der Waals surface area contributed by atoms with Crippen LogP contribution in [0.3, 0.4) is 0 Å². The molecule has 0 N–H and O–H groups in total. The van der Waals surface area contributed by atoms with E-state index in [1.807, 2.05) is 6.92 Å². The Morgan fingerprint density at radius 1 is 1.50 bits per heavy atom. The highest BCUT2D eigenvalue weighted by atomic mass is 35.7. The average molecular weight is 187 g/mol. The maximum absolute atomic E-state index is 10.3. The van der Waals surface area contributed by atoms with Crippen molar-refractivity contribution in [2.45, 2.75) is 32.8 Å². The zero-order chi connectivity index (χ0) is 8.41. The third-order valence-electron chi connectivity index (χ3n) is 1.18. The summed E-state index contributed by atoms with van der Waals surface area (Å²) in [5.74, 6) is 0. The zero-order valence-electron chi connectivity index (χ0n) is 6.22. The number of hydrogen-bond donors (Lipinski definition) is 0. The maximum atomic E-state index is 10.3. The summed E-state index contributed by atoms with van der Waals surface area (Å²) in [6.45, 7) is 5.14. The molecule has 5 heteroatoms. The van der Waals surface area contributed by atoms with E-state index < -0.39 is 14.9 Å². The van der Waals surface area contributed by atoms with Gasteiger partial charge in [0.1, 0.15) is 0 Å². The van der Waals surface area contributed by atoms with Gasteiger partial charge in [-0.3, -0.25) is 4.18 Å². The third-order valence-corrected chi connectivity index (χ3v) is 2.02. The van der Waals surface area contributed by atoms with Crippen LogP contribution in [0.15, 0.2) is 0 Å². The predicted molar refractivity (Wildman–Crippen MR) is 40.2 cm³/mol. The van der Waals surface area contributed by atoms with E-state index in [2.05, 4.69) is 4.18 Å². The first-order valence-electron chi connectivity index (χ1n) is 2.92. The summed E-state index contributed by atoms with van der Waals surface area (Å²) in [5.41, 5.74) is -0.694. The Morgan fingerprint density at radius 3 is 2.00 bits per heavy atom. The van der Waals surface area contributed by atoms with Crippen molar-refractivity contribution in [3.8, 4) is 0 Å². The van der Waals surface area contributed by atoms with Gasteiger partial charge in [0.05, 0.1) is 5.60 Å². The Kier molecular flexibility index (Phi) is 3.13. The second-order valence-corrected chi connectivity index (χ2v) is 4.68. The van der Waals surface area contributed by atoms with Crippen LogP contribution in [-0.2, 0) is 13.5 Å². The Labute approximate surface area is 66.0 Å². The van der Waals surface area contributed by atoms with E-state index >= 15 is 0 Å². The van der Waals surface area contributed by atoms with Crippen molar-refractivity contribution in [2.24, 2.45) is 0 Å². The molecule has 0 radical (unpaired) electrons. The Hall–Kier alpha value is 0.200. The van der Waals surface area contributed by atoms with Crippen LogP contribution in [-0.4, -0.2) is 14.0 Å². The molecule has 0 saturated carbocycles. The van der Waals surface area contributed by atoms with Crippen molar-refractivity contribution >= 4 is 20.0 Å². The van der Waals surface area contributed by atoms with Crippen molar-refractivity contribution in [1.29, 1.82) is 0 Å². The van der Waals surface area contributed by atoms with Crippen molar-refractivity contribution in [2.75, 3.05) is 0 Å². The average Bonchev–Trinajstić information content (AvgIpc) is 1.60. The van der Waals surface area contributed by atoms with Crippen LogP contribution in [0.5, 0.6) is 0 Å². The summed E-state index contributed by atoms with van der Waals surface area (Å²) in [6.07, 6.45) is 0.596. The highest BCUT2D eigenvalue weighted by Gasteiger charge is 2.22. The largest absolute Gasteiger partial charge is 0.356 e. The summed E-state index contributed by atoms with van der Waals surface area (Å²) in [4.78, 5) is 0. The molecule has 62 valence electrons. The summed E-state index contributed by atoms with van der Waals surface area (Å²) < 4.78 is 25.2. The van der Waals surface area contributed by atoms with Gasteiger partial charge >= 0.3 is 9.33 Å². The second-order valence-electron chi connectivity index (χ2n) is 2.59. The van der Waals surface area contributed by atoms with Crippen molar-refractivity contribution < 1.29 is 12.6 Å².